The molecule has 1 aliphatic carbocycles. The fraction of sp³-hybridized carbons (Fsp3) is 0.950. The summed E-state index contributed by atoms with van der Waals surface area (Å²) in [6, 6.07) is 0.301. The van der Waals surface area contributed by atoms with Gasteiger partial charge in [-0.15, -0.1) is 0 Å². The highest BCUT2D eigenvalue weighted by molar-refractivity contribution is 5.89. The molecule has 0 bridgehead atoms. The van der Waals surface area contributed by atoms with E-state index in [0.29, 0.717) is 6.04 Å². The van der Waals surface area contributed by atoms with Gasteiger partial charge in [0.25, 0.3) is 0 Å². The zero-order valence-corrected chi connectivity index (χ0v) is 15.5. The second-order valence-corrected chi connectivity index (χ2v) is 7.23. The van der Waals surface area contributed by atoms with Crippen LogP contribution in [0.15, 0.2) is 5.16 Å². The lowest BCUT2D eigenvalue weighted by Crippen LogP contribution is -2.37. The molecule has 23 heavy (non-hydrogen) atoms. The maximum absolute atomic E-state index is 9.41. The number of rotatable bonds is 8. The Balaban J connectivity index is 2.29. The van der Waals surface area contributed by atoms with Gasteiger partial charge in [0.2, 0.25) is 0 Å². The Morgan fingerprint density at radius 1 is 0.870 bits per heavy atom. The molecule has 1 fully saturated rings. The molecule has 136 valence electrons. The highest BCUT2D eigenvalue weighted by atomic mass is 16.4. The third-order valence-electron chi connectivity index (χ3n) is 5.13. The lowest BCUT2D eigenvalue weighted by atomic mass is 9.96. The van der Waals surface area contributed by atoms with Crippen molar-refractivity contribution in [1.82, 2.24) is 5.32 Å². The topological polar surface area (TPSA) is 44.6 Å². The van der Waals surface area contributed by atoms with E-state index in [1.165, 1.54) is 89.9 Å². The van der Waals surface area contributed by atoms with E-state index < -0.39 is 0 Å². The number of hydrogen-bond donors (Lipinski definition) is 2. The summed E-state index contributed by atoms with van der Waals surface area (Å²) in [7, 11) is 0. The highest BCUT2D eigenvalue weighted by Gasteiger charge is 2.16. The van der Waals surface area contributed by atoms with Crippen LogP contribution >= 0.6 is 0 Å². The van der Waals surface area contributed by atoms with Crippen molar-refractivity contribution in [3.63, 3.8) is 0 Å². The molecular weight excluding hydrogens is 284 g/mol. The van der Waals surface area contributed by atoms with Crippen molar-refractivity contribution >= 4 is 5.71 Å². The average molecular weight is 325 g/mol. The number of unbranched alkanes of at least 4 members (excludes halogenated alkanes) is 5. The Bertz CT molecular complexity index is 291. The molecule has 0 spiro atoms. The first-order valence-electron chi connectivity index (χ1n) is 10.3. The van der Waals surface area contributed by atoms with Crippen molar-refractivity contribution < 1.29 is 5.21 Å². The van der Waals surface area contributed by atoms with Crippen molar-refractivity contribution in [3.8, 4) is 0 Å². The summed E-state index contributed by atoms with van der Waals surface area (Å²) in [6.45, 7) is 3.33. The van der Waals surface area contributed by atoms with E-state index in [0.717, 1.165) is 25.1 Å². The van der Waals surface area contributed by atoms with E-state index in [2.05, 4.69) is 17.4 Å². The van der Waals surface area contributed by atoms with Gasteiger partial charge in [-0.3, -0.25) is 0 Å². The van der Waals surface area contributed by atoms with Crippen LogP contribution in [0, 0.1) is 0 Å². The second-order valence-electron chi connectivity index (χ2n) is 7.23. The van der Waals surface area contributed by atoms with Crippen LogP contribution in [0.2, 0.25) is 0 Å². The summed E-state index contributed by atoms with van der Waals surface area (Å²) in [6.07, 6.45) is 20.6. The summed E-state index contributed by atoms with van der Waals surface area (Å²) in [5.74, 6) is 0. The molecule has 0 radical (unpaired) electrons. The Hall–Kier alpha value is -0.570. The van der Waals surface area contributed by atoms with E-state index in [4.69, 9.17) is 0 Å². The quantitative estimate of drug-likeness (QED) is 0.324. The van der Waals surface area contributed by atoms with Crippen LogP contribution in [-0.2, 0) is 0 Å². The molecule has 0 saturated heterocycles. The van der Waals surface area contributed by atoms with Gasteiger partial charge in [0.05, 0.1) is 5.71 Å². The average Bonchev–Trinajstić information content (AvgIpc) is 2.56. The number of nitrogens with one attached hydrogen (secondary N) is 1. The Kier molecular flexibility index (Phi) is 13.3. The van der Waals surface area contributed by atoms with Crippen molar-refractivity contribution in [2.45, 2.75) is 116 Å². The molecule has 2 N–H and O–H groups in total. The number of oxime groups is 1. The minimum absolute atomic E-state index is 0.301. The van der Waals surface area contributed by atoms with Crippen LogP contribution in [-0.4, -0.2) is 23.5 Å². The van der Waals surface area contributed by atoms with Crippen LogP contribution in [0.25, 0.3) is 0 Å². The van der Waals surface area contributed by atoms with Gasteiger partial charge in [0, 0.05) is 6.04 Å². The van der Waals surface area contributed by atoms with Crippen LogP contribution < -0.4 is 5.32 Å². The molecule has 1 aliphatic rings. The van der Waals surface area contributed by atoms with E-state index >= 15 is 0 Å². The molecule has 0 aromatic heterocycles. The Morgan fingerprint density at radius 2 is 1.48 bits per heavy atom. The largest absolute Gasteiger partial charge is 0.411 e. The molecule has 0 heterocycles. The maximum Gasteiger partial charge on any atom is 0.0739 e. The molecule has 1 saturated carbocycles. The van der Waals surface area contributed by atoms with Gasteiger partial charge in [0.15, 0.2) is 0 Å². The molecule has 1 rings (SSSR count). The lowest BCUT2D eigenvalue weighted by molar-refractivity contribution is 0.312. The smallest absolute Gasteiger partial charge is 0.0739 e. The summed E-state index contributed by atoms with van der Waals surface area (Å²) in [4.78, 5) is 0. The van der Waals surface area contributed by atoms with Crippen molar-refractivity contribution in [2.75, 3.05) is 6.54 Å². The molecule has 3 heteroatoms. The lowest BCUT2D eigenvalue weighted by Gasteiger charge is -2.21. The zero-order chi connectivity index (χ0) is 16.6. The van der Waals surface area contributed by atoms with Crippen molar-refractivity contribution in [3.05, 3.63) is 0 Å². The summed E-state index contributed by atoms with van der Waals surface area (Å²) < 4.78 is 0. The highest BCUT2D eigenvalue weighted by Crippen LogP contribution is 2.16. The van der Waals surface area contributed by atoms with Crippen LogP contribution in [0.5, 0.6) is 0 Å². The van der Waals surface area contributed by atoms with E-state index in [1.807, 2.05) is 0 Å². The van der Waals surface area contributed by atoms with Crippen LogP contribution in [0.3, 0.4) is 0 Å². The zero-order valence-electron chi connectivity index (χ0n) is 15.5. The fourth-order valence-electron chi connectivity index (χ4n) is 3.58. The molecule has 0 amide bonds. The first kappa shape index (κ1) is 20.5. The second kappa shape index (κ2) is 15.0. The number of hydrogen-bond acceptors (Lipinski definition) is 3. The molecular formula is C20H40N2O. The van der Waals surface area contributed by atoms with Gasteiger partial charge in [-0.05, 0) is 32.2 Å². The van der Waals surface area contributed by atoms with Crippen molar-refractivity contribution in [1.29, 1.82) is 0 Å². The fourth-order valence-corrected chi connectivity index (χ4v) is 3.58. The van der Waals surface area contributed by atoms with Crippen molar-refractivity contribution in [2.24, 2.45) is 5.16 Å². The van der Waals surface area contributed by atoms with E-state index in [-0.39, 0.29) is 0 Å². The third kappa shape index (κ3) is 10.8. The van der Waals surface area contributed by atoms with Gasteiger partial charge >= 0.3 is 0 Å². The molecule has 0 aromatic carbocycles. The normalized spacial score (nSPS) is 23.3. The van der Waals surface area contributed by atoms with E-state index in [9.17, 15) is 5.21 Å². The van der Waals surface area contributed by atoms with Gasteiger partial charge in [-0.2, -0.15) is 0 Å². The van der Waals surface area contributed by atoms with Gasteiger partial charge in [-0.1, -0.05) is 89.1 Å². The van der Waals surface area contributed by atoms with Crippen LogP contribution in [0.1, 0.15) is 110 Å². The van der Waals surface area contributed by atoms with Crippen LogP contribution in [0.4, 0.5) is 0 Å². The predicted octanol–water partition coefficient (Wildman–Crippen LogP) is 6.05. The maximum atomic E-state index is 9.41. The monoisotopic (exact) mass is 324 g/mol. The first-order chi connectivity index (χ1) is 11.4. The SMILES string of the molecule is CCCCCCCCNC1CCCCCCCCCC/C1=N\O. The first-order valence-corrected chi connectivity index (χ1v) is 10.3. The van der Waals surface area contributed by atoms with Gasteiger partial charge in [0.1, 0.15) is 0 Å². The minimum Gasteiger partial charge on any atom is -0.411 e. The molecule has 3 nitrogen and oxygen atoms in total. The summed E-state index contributed by atoms with van der Waals surface area (Å²) in [5, 5.41) is 16.7. The summed E-state index contributed by atoms with van der Waals surface area (Å²) >= 11 is 0. The van der Waals surface area contributed by atoms with E-state index in [1.54, 1.807) is 0 Å². The number of nitrogens with zero attached hydrogens (tertiary/aromatic N) is 1. The molecule has 1 atom stereocenters. The molecule has 1 unspecified atom stereocenters. The van der Waals surface area contributed by atoms with Gasteiger partial charge < -0.3 is 10.5 Å². The third-order valence-corrected chi connectivity index (χ3v) is 5.13. The molecule has 0 aliphatic heterocycles. The summed E-state index contributed by atoms with van der Waals surface area (Å²) in [5.41, 5.74) is 0.997. The minimum atomic E-state index is 0.301. The Morgan fingerprint density at radius 3 is 2.17 bits per heavy atom. The standard InChI is InChI=1S/C20H40N2O/c1-2-3-4-5-12-15-18-21-19-16-13-10-8-6-7-9-11-14-17-20(19)22-23/h19,21,23H,2-18H2,1H3/b22-20+. The predicted molar refractivity (Wildman–Crippen MR) is 101 cm³/mol. The molecule has 0 aromatic rings. The van der Waals surface area contributed by atoms with Gasteiger partial charge in [-0.25, -0.2) is 0 Å². The Labute approximate surface area is 144 Å².